The van der Waals surface area contributed by atoms with Gasteiger partial charge in [0.25, 0.3) is 0 Å². The molecule has 1 aromatic rings. The molecule has 2 atom stereocenters. The van der Waals surface area contributed by atoms with E-state index in [1.54, 1.807) is 13.2 Å². The lowest BCUT2D eigenvalue weighted by molar-refractivity contribution is 0.0993. The number of hydrogen-bond acceptors (Lipinski definition) is 5. The zero-order chi connectivity index (χ0) is 14.1. The summed E-state index contributed by atoms with van der Waals surface area (Å²) in [6.07, 6.45) is 0.201. The molecule has 0 amide bonds. The van der Waals surface area contributed by atoms with Crippen LogP contribution in [-0.2, 0) is 0 Å². The SMILES string of the molecule is CC[C@H](CO)NC[C@H](O)COc1cccc(OC)c1. The molecule has 0 spiro atoms. The zero-order valence-corrected chi connectivity index (χ0v) is 11.5. The highest BCUT2D eigenvalue weighted by Crippen LogP contribution is 2.18. The van der Waals surface area contributed by atoms with Gasteiger partial charge in [0, 0.05) is 18.7 Å². The molecule has 5 heteroatoms. The first-order chi connectivity index (χ1) is 9.19. The monoisotopic (exact) mass is 269 g/mol. The molecule has 108 valence electrons. The van der Waals surface area contributed by atoms with Crippen LogP contribution >= 0.6 is 0 Å². The Balaban J connectivity index is 2.31. The molecule has 0 saturated carbocycles. The molecule has 0 unspecified atom stereocenters. The Bertz CT molecular complexity index is 355. The van der Waals surface area contributed by atoms with Crippen LogP contribution in [0.3, 0.4) is 0 Å². The second-order valence-electron chi connectivity index (χ2n) is 4.34. The van der Waals surface area contributed by atoms with E-state index in [0.29, 0.717) is 12.3 Å². The predicted molar refractivity (Wildman–Crippen MR) is 73.7 cm³/mol. The van der Waals surface area contributed by atoms with Crippen LogP contribution in [0.1, 0.15) is 13.3 Å². The summed E-state index contributed by atoms with van der Waals surface area (Å²) in [6.45, 7) is 2.64. The van der Waals surface area contributed by atoms with Crippen LogP contribution in [0.25, 0.3) is 0 Å². The molecule has 5 nitrogen and oxygen atoms in total. The second-order valence-corrected chi connectivity index (χ2v) is 4.34. The third-order valence-corrected chi connectivity index (χ3v) is 2.84. The fourth-order valence-corrected chi connectivity index (χ4v) is 1.58. The third-order valence-electron chi connectivity index (χ3n) is 2.84. The van der Waals surface area contributed by atoms with Gasteiger partial charge in [-0.2, -0.15) is 0 Å². The van der Waals surface area contributed by atoms with Gasteiger partial charge in [0.2, 0.25) is 0 Å². The first-order valence-electron chi connectivity index (χ1n) is 6.48. The number of ether oxygens (including phenoxy) is 2. The Morgan fingerprint density at radius 2 is 2.05 bits per heavy atom. The fourth-order valence-electron chi connectivity index (χ4n) is 1.58. The van der Waals surface area contributed by atoms with E-state index in [1.807, 2.05) is 25.1 Å². The van der Waals surface area contributed by atoms with Crippen LogP contribution in [0.15, 0.2) is 24.3 Å². The van der Waals surface area contributed by atoms with Crippen LogP contribution < -0.4 is 14.8 Å². The van der Waals surface area contributed by atoms with Crippen molar-refractivity contribution >= 4 is 0 Å². The highest BCUT2D eigenvalue weighted by Gasteiger charge is 2.09. The molecular weight excluding hydrogens is 246 g/mol. The third kappa shape index (κ3) is 5.92. The number of hydrogen-bond donors (Lipinski definition) is 3. The molecule has 3 N–H and O–H groups in total. The molecule has 0 fully saturated rings. The van der Waals surface area contributed by atoms with E-state index in [9.17, 15) is 5.11 Å². The lowest BCUT2D eigenvalue weighted by atomic mass is 10.2. The molecule has 0 aliphatic carbocycles. The normalized spacial score (nSPS) is 13.9. The number of benzene rings is 1. The van der Waals surface area contributed by atoms with Gasteiger partial charge in [-0.1, -0.05) is 13.0 Å². The van der Waals surface area contributed by atoms with Crippen molar-refractivity contribution in [1.29, 1.82) is 0 Å². The Morgan fingerprint density at radius 1 is 1.32 bits per heavy atom. The fraction of sp³-hybridized carbons (Fsp3) is 0.571. The minimum Gasteiger partial charge on any atom is -0.497 e. The Hall–Kier alpha value is -1.30. The van der Waals surface area contributed by atoms with Crippen LogP contribution in [0.4, 0.5) is 0 Å². The lowest BCUT2D eigenvalue weighted by Crippen LogP contribution is -2.39. The van der Waals surface area contributed by atoms with Crippen LogP contribution in [0.2, 0.25) is 0 Å². The van der Waals surface area contributed by atoms with E-state index in [4.69, 9.17) is 14.6 Å². The van der Waals surface area contributed by atoms with Gasteiger partial charge >= 0.3 is 0 Å². The summed E-state index contributed by atoms with van der Waals surface area (Å²) in [5, 5.41) is 21.9. The van der Waals surface area contributed by atoms with Crippen molar-refractivity contribution in [2.75, 3.05) is 26.9 Å². The molecule has 1 rings (SSSR count). The molecule has 0 aliphatic rings. The van der Waals surface area contributed by atoms with Crippen molar-refractivity contribution in [3.8, 4) is 11.5 Å². The summed E-state index contributed by atoms with van der Waals surface area (Å²) in [4.78, 5) is 0. The van der Waals surface area contributed by atoms with E-state index in [1.165, 1.54) is 0 Å². The molecule has 0 bridgehead atoms. The second kappa shape index (κ2) is 8.74. The number of rotatable bonds is 9. The van der Waals surface area contributed by atoms with Crippen LogP contribution in [0.5, 0.6) is 11.5 Å². The maximum absolute atomic E-state index is 9.78. The van der Waals surface area contributed by atoms with Crippen molar-refractivity contribution in [3.63, 3.8) is 0 Å². The summed E-state index contributed by atoms with van der Waals surface area (Å²) < 4.78 is 10.6. The van der Waals surface area contributed by atoms with Gasteiger partial charge in [-0.15, -0.1) is 0 Å². The molecule has 0 heterocycles. The maximum Gasteiger partial charge on any atom is 0.123 e. The lowest BCUT2D eigenvalue weighted by Gasteiger charge is -2.18. The van der Waals surface area contributed by atoms with Crippen LogP contribution in [0, 0.1) is 0 Å². The summed E-state index contributed by atoms with van der Waals surface area (Å²) in [6, 6.07) is 7.26. The first-order valence-corrected chi connectivity index (χ1v) is 6.48. The van der Waals surface area contributed by atoms with Crippen molar-refractivity contribution in [1.82, 2.24) is 5.32 Å². The minimum atomic E-state index is -0.619. The maximum atomic E-state index is 9.78. The number of aliphatic hydroxyl groups excluding tert-OH is 2. The Morgan fingerprint density at radius 3 is 2.68 bits per heavy atom. The smallest absolute Gasteiger partial charge is 0.123 e. The molecular formula is C14H23NO4. The largest absolute Gasteiger partial charge is 0.497 e. The molecule has 19 heavy (non-hydrogen) atoms. The Kier molecular flexibility index (Phi) is 7.25. The van der Waals surface area contributed by atoms with E-state index >= 15 is 0 Å². The molecule has 0 saturated heterocycles. The number of aliphatic hydroxyl groups is 2. The van der Waals surface area contributed by atoms with E-state index in [-0.39, 0.29) is 19.3 Å². The molecule has 0 aromatic heterocycles. The van der Waals surface area contributed by atoms with Crippen LogP contribution in [-0.4, -0.2) is 49.2 Å². The highest BCUT2D eigenvalue weighted by atomic mass is 16.5. The van der Waals surface area contributed by atoms with Gasteiger partial charge in [0.05, 0.1) is 13.7 Å². The van der Waals surface area contributed by atoms with Gasteiger partial charge in [-0.3, -0.25) is 0 Å². The van der Waals surface area contributed by atoms with Gasteiger partial charge in [-0.05, 0) is 18.6 Å². The summed E-state index contributed by atoms with van der Waals surface area (Å²) >= 11 is 0. The van der Waals surface area contributed by atoms with Crippen molar-refractivity contribution in [2.24, 2.45) is 0 Å². The highest BCUT2D eigenvalue weighted by molar-refractivity contribution is 5.32. The van der Waals surface area contributed by atoms with Crippen molar-refractivity contribution < 1.29 is 19.7 Å². The summed E-state index contributed by atoms with van der Waals surface area (Å²) in [5.74, 6) is 1.38. The summed E-state index contributed by atoms with van der Waals surface area (Å²) in [5.41, 5.74) is 0. The van der Waals surface area contributed by atoms with Gasteiger partial charge < -0.3 is 25.0 Å². The summed E-state index contributed by atoms with van der Waals surface area (Å²) in [7, 11) is 1.59. The predicted octanol–water partition coefficient (Wildman–Crippen LogP) is 0.795. The molecule has 0 aliphatic heterocycles. The number of methoxy groups -OCH3 is 1. The average molecular weight is 269 g/mol. The average Bonchev–Trinajstić information content (AvgIpc) is 2.46. The first kappa shape index (κ1) is 15.8. The standard InChI is InChI=1S/C14H23NO4/c1-3-11(9-16)15-8-12(17)10-19-14-6-4-5-13(7-14)18-2/h4-7,11-12,15-17H,3,8-10H2,1-2H3/t11-,12+/m1/s1. The Labute approximate surface area is 114 Å². The van der Waals surface area contributed by atoms with Gasteiger partial charge in [-0.25, -0.2) is 0 Å². The minimum absolute atomic E-state index is 0.0199. The topological polar surface area (TPSA) is 71.0 Å². The zero-order valence-electron chi connectivity index (χ0n) is 11.5. The van der Waals surface area contributed by atoms with E-state index in [0.717, 1.165) is 12.2 Å². The van der Waals surface area contributed by atoms with Crippen molar-refractivity contribution in [3.05, 3.63) is 24.3 Å². The number of nitrogens with one attached hydrogen (secondary N) is 1. The quantitative estimate of drug-likeness (QED) is 0.618. The van der Waals surface area contributed by atoms with Gasteiger partial charge in [0.1, 0.15) is 24.2 Å². The van der Waals surface area contributed by atoms with Gasteiger partial charge in [0.15, 0.2) is 0 Å². The molecule has 1 aromatic carbocycles. The van der Waals surface area contributed by atoms with E-state index < -0.39 is 6.10 Å². The van der Waals surface area contributed by atoms with Crippen molar-refractivity contribution in [2.45, 2.75) is 25.5 Å². The molecule has 0 radical (unpaired) electrons. The van der Waals surface area contributed by atoms with E-state index in [2.05, 4.69) is 5.32 Å².